The van der Waals surface area contributed by atoms with Gasteiger partial charge >= 0.3 is 0 Å². The zero-order chi connectivity index (χ0) is 15.6. The summed E-state index contributed by atoms with van der Waals surface area (Å²) in [5, 5.41) is 0. The zero-order valence-electron chi connectivity index (χ0n) is 11.2. The van der Waals surface area contributed by atoms with Gasteiger partial charge in [-0.15, -0.1) is 0 Å². The van der Waals surface area contributed by atoms with E-state index in [1.165, 1.54) is 18.2 Å². The van der Waals surface area contributed by atoms with E-state index in [1.54, 1.807) is 6.92 Å². The van der Waals surface area contributed by atoms with Gasteiger partial charge in [0.2, 0.25) is 0 Å². The lowest BCUT2D eigenvalue weighted by Crippen LogP contribution is -2.15. The van der Waals surface area contributed by atoms with E-state index in [2.05, 4.69) is 4.72 Å². The van der Waals surface area contributed by atoms with Crippen LogP contribution in [0, 0.1) is 18.6 Å². The Kier molecular flexibility index (Phi) is 4.24. The lowest BCUT2D eigenvalue weighted by molar-refractivity contribution is 0.569. The third kappa shape index (κ3) is 3.37. The molecule has 0 aliphatic rings. The monoisotopic (exact) mass is 312 g/mol. The summed E-state index contributed by atoms with van der Waals surface area (Å²) >= 11 is 0. The minimum Gasteiger partial charge on any atom is -0.326 e. The number of sulfonamides is 1. The summed E-state index contributed by atoms with van der Waals surface area (Å²) in [4.78, 5) is -0.522. The maximum atomic E-state index is 13.7. The average molecular weight is 312 g/mol. The Morgan fingerprint density at radius 2 is 1.81 bits per heavy atom. The van der Waals surface area contributed by atoms with Crippen LogP contribution in [0.25, 0.3) is 0 Å². The van der Waals surface area contributed by atoms with Crippen molar-refractivity contribution in [3.8, 4) is 0 Å². The average Bonchev–Trinajstić information content (AvgIpc) is 2.43. The van der Waals surface area contributed by atoms with E-state index in [9.17, 15) is 17.2 Å². The van der Waals surface area contributed by atoms with Crippen LogP contribution in [-0.2, 0) is 16.6 Å². The fourth-order valence-corrected chi connectivity index (χ4v) is 2.93. The number of nitrogens with two attached hydrogens (primary N) is 1. The molecule has 2 aromatic rings. The molecule has 0 bridgehead atoms. The number of rotatable bonds is 4. The lowest BCUT2D eigenvalue weighted by atomic mass is 10.2. The predicted molar refractivity (Wildman–Crippen MR) is 76.2 cm³/mol. The van der Waals surface area contributed by atoms with E-state index in [4.69, 9.17) is 5.73 Å². The van der Waals surface area contributed by atoms with Crippen LogP contribution in [0.4, 0.5) is 14.5 Å². The van der Waals surface area contributed by atoms with Crippen molar-refractivity contribution in [2.45, 2.75) is 18.4 Å². The number of nitrogens with one attached hydrogen (secondary N) is 1. The second-order valence-electron chi connectivity index (χ2n) is 4.54. The van der Waals surface area contributed by atoms with Crippen molar-refractivity contribution in [2.24, 2.45) is 5.73 Å². The van der Waals surface area contributed by atoms with Crippen molar-refractivity contribution in [3.05, 3.63) is 59.2 Å². The molecule has 7 heteroatoms. The van der Waals surface area contributed by atoms with Crippen molar-refractivity contribution in [1.82, 2.24) is 0 Å². The summed E-state index contributed by atoms with van der Waals surface area (Å²) in [5.74, 6) is -1.45. The van der Waals surface area contributed by atoms with Gasteiger partial charge in [0.1, 0.15) is 16.5 Å². The first-order chi connectivity index (χ1) is 9.83. The van der Waals surface area contributed by atoms with E-state index in [0.717, 1.165) is 18.2 Å². The maximum absolute atomic E-state index is 13.7. The largest absolute Gasteiger partial charge is 0.326 e. The lowest BCUT2D eigenvalue weighted by Gasteiger charge is -2.10. The summed E-state index contributed by atoms with van der Waals surface area (Å²) in [6.07, 6.45) is 0. The Labute approximate surface area is 121 Å². The fourth-order valence-electron chi connectivity index (χ4n) is 1.75. The Balaban J connectivity index is 2.40. The number of aryl methyl sites for hydroxylation is 1. The molecule has 3 N–H and O–H groups in total. The SMILES string of the molecule is Cc1ccc(NS(=O)(=O)c2cc(CN)ccc2F)cc1F. The zero-order valence-corrected chi connectivity index (χ0v) is 12.0. The third-order valence-corrected chi connectivity index (χ3v) is 4.34. The van der Waals surface area contributed by atoms with Crippen LogP contribution in [0.5, 0.6) is 0 Å². The summed E-state index contributed by atoms with van der Waals surface area (Å²) in [6, 6.07) is 7.46. The standard InChI is InChI=1S/C14H14F2N2O2S/c1-9-2-4-11(7-13(9)16)18-21(19,20)14-6-10(8-17)3-5-12(14)15/h2-7,18H,8,17H2,1H3. The minimum atomic E-state index is -4.15. The van der Waals surface area contributed by atoms with Crippen molar-refractivity contribution < 1.29 is 17.2 Å². The number of hydrogen-bond donors (Lipinski definition) is 2. The van der Waals surface area contributed by atoms with Gasteiger partial charge < -0.3 is 5.73 Å². The van der Waals surface area contributed by atoms with Crippen LogP contribution in [0.15, 0.2) is 41.3 Å². The van der Waals surface area contributed by atoms with E-state index < -0.39 is 26.6 Å². The predicted octanol–water partition coefficient (Wildman–Crippen LogP) is 2.53. The van der Waals surface area contributed by atoms with Crippen LogP contribution >= 0.6 is 0 Å². The Morgan fingerprint density at radius 1 is 1.10 bits per heavy atom. The van der Waals surface area contributed by atoms with Crippen LogP contribution in [0.3, 0.4) is 0 Å². The van der Waals surface area contributed by atoms with Gasteiger partial charge in [-0.1, -0.05) is 12.1 Å². The molecule has 0 aliphatic carbocycles. The van der Waals surface area contributed by atoms with Crippen molar-refractivity contribution in [2.75, 3.05) is 4.72 Å². The van der Waals surface area contributed by atoms with Gasteiger partial charge in [-0.2, -0.15) is 0 Å². The second-order valence-corrected chi connectivity index (χ2v) is 6.19. The molecule has 0 amide bonds. The first kappa shape index (κ1) is 15.4. The molecule has 0 fully saturated rings. The van der Waals surface area contributed by atoms with Crippen LogP contribution < -0.4 is 10.5 Å². The van der Waals surface area contributed by atoms with Crippen molar-refractivity contribution in [3.63, 3.8) is 0 Å². The minimum absolute atomic E-state index is 0.0238. The van der Waals surface area contributed by atoms with Crippen LogP contribution in [-0.4, -0.2) is 8.42 Å². The normalized spacial score (nSPS) is 11.4. The molecule has 112 valence electrons. The molecule has 0 saturated carbocycles. The fraction of sp³-hybridized carbons (Fsp3) is 0.143. The molecule has 0 spiro atoms. The Hall–Kier alpha value is -1.99. The van der Waals surface area contributed by atoms with E-state index >= 15 is 0 Å². The number of halogens is 2. The molecule has 2 aromatic carbocycles. The quantitative estimate of drug-likeness (QED) is 0.911. The highest BCUT2D eigenvalue weighted by atomic mass is 32.2. The highest BCUT2D eigenvalue weighted by Gasteiger charge is 2.20. The third-order valence-electron chi connectivity index (χ3n) is 2.94. The van der Waals surface area contributed by atoms with Crippen LogP contribution in [0.2, 0.25) is 0 Å². The van der Waals surface area contributed by atoms with Gasteiger partial charge in [0.15, 0.2) is 0 Å². The molecule has 4 nitrogen and oxygen atoms in total. The summed E-state index contributed by atoms with van der Waals surface area (Å²) in [7, 11) is -4.15. The molecule has 0 radical (unpaired) electrons. The smallest absolute Gasteiger partial charge is 0.264 e. The van der Waals surface area contributed by atoms with Gasteiger partial charge in [-0.25, -0.2) is 17.2 Å². The first-order valence-electron chi connectivity index (χ1n) is 6.11. The molecule has 0 saturated heterocycles. The summed E-state index contributed by atoms with van der Waals surface area (Å²) < 4.78 is 53.6. The Bertz CT molecular complexity index is 777. The first-order valence-corrected chi connectivity index (χ1v) is 7.59. The molecular formula is C14H14F2N2O2S. The molecule has 0 aromatic heterocycles. The highest BCUT2D eigenvalue weighted by molar-refractivity contribution is 7.92. The number of anilines is 1. The van der Waals surface area contributed by atoms with Gasteiger partial charge in [0.05, 0.1) is 5.69 Å². The van der Waals surface area contributed by atoms with E-state index in [-0.39, 0.29) is 12.2 Å². The second kappa shape index (κ2) is 5.79. The number of benzene rings is 2. The summed E-state index contributed by atoms with van der Waals surface area (Å²) in [6.45, 7) is 1.64. The van der Waals surface area contributed by atoms with E-state index in [1.807, 2.05) is 0 Å². The Morgan fingerprint density at radius 3 is 2.43 bits per heavy atom. The van der Waals surface area contributed by atoms with Gasteiger partial charge in [0.25, 0.3) is 10.0 Å². The number of hydrogen-bond acceptors (Lipinski definition) is 3. The molecule has 2 rings (SSSR count). The van der Waals surface area contributed by atoms with Crippen LogP contribution in [0.1, 0.15) is 11.1 Å². The van der Waals surface area contributed by atoms with Crippen molar-refractivity contribution >= 4 is 15.7 Å². The molecule has 0 aliphatic heterocycles. The van der Waals surface area contributed by atoms with Gasteiger partial charge in [-0.05, 0) is 42.3 Å². The molecule has 0 atom stereocenters. The van der Waals surface area contributed by atoms with Crippen molar-refractivity contribution in [1.29, 1.82) is 0 Å². The molecular weight excluding hydrogens is 298 g/mol. The summed E-state index contributed by atoms with van der Waals surface area (Å²) in [5.41, 5.74) is 6.30. The maximum Gasteiger partial charge on any atom is 0.264 e. The van der Waals surface area contributed by atoms with Gasteiger partial charge in [-0.3, -0.25) is 4.72 Å². The topological polar surface area (TPSA) is 72.2 Å². The highest BCUT2D eigenvalue weighted by Crippen LogP contribution is 2.21. The van der Waals surface area contributed by atoms with E-state index in [0.29, 0.717) is 11.1 Å². The molecule has 21 heavy (non-hydrogen) atoms. The molecule has 0 unspecified atom stereocenters. The van der Waals surface area contributed by atoms with Gasteiger partial charge in [0, 0.05) is 6.54 Å². The molecule has 0 heterocycles.